The van der Waals surface area contributed by atoms with E-state index in [0.717, 1.165) is 27.4 Å². The van der Waals surface area contributed by atoms with Crippen LogP contribution < -0.4 is 5.32 Å². The number of rotatable bonds is 3. The molecule has 22 heavy (non-hydrogen) atoms. The van der Waals surface area contributed by atoms with E-state index in [-0.39, 0.29) is 5.91 Å². The van der Waals surface area contributed by atoms with Gasteiger partial charge in [0.05, 0.1) is 10.6 Å². The molecule has 0 aliphatic rings. The van der Waals surface area contributed by atoms with Crippen LogP contribution in [-0.4, -0.2) is 10.9 Å². The van der Waals surface area contributed by atoms with Gasteiger partial charge in [-0.1, -0.05) is 6.07 Å². The highest BCUT2D eigenvalue weighted by atomic mass is 32.1. The summed E-state index contributed by atoms with van der Waals surface area (Å²) in [6.07, 6.45) is 1.62. The van der Waals surface area contributed by atoms with Crippen molar-refractivity contribution in [2.45, 2.75) is 20.8 Å². The number of carbonyl (C=O) groups excluding carboxylic acids is 1. The lowest BCUT2D eigenvalue weighted by atomic mass is 10.1. The zero-order chi connectivity index (χ0) is 15.7. The molecule has 0 saturated heterocycles. The summed E-state index contributed by atoms with van der Waals surface area (Å²) in [6.45, 7) is 5.85. The molecule has 0 unspecified atom stereocenters. The van der Waals surface area contributed by atoms with Crippen LogP contribution in [0.15, 0.2) is 41.0 Å². The van der Waals surface area contributed by atoms with E-state index in [1.165, 1.54) is 11.3 Å². The van der Waals surface area contributed by atoms with Crippen LogP contribution in [0.4, 0.5) is 5.69 Å². The number of aromatic nitrogens is 1. The monoisotopic (exact) mass is 312 g/mol. The lowest BCUT2D eigenvalue weighted by Crippen LogP contribution is -2.10. The molecule has 5 heteroatoms. The summed E-state index contributed by atoms with van der Waals surface area (Å²) < 4.78 is 5.46. The van der Waals surface area contributed by atoms with Gasteiger partial charge in [-0.2, -0.15) is 0 Å². The molecule has 1 amide bonds. The fraction of sp³-hybridized carbons (Fsp3) is 0.176. The van der Waals surface area contributed by atoms with Gasteiger partial charge in [0.2, 0.25) is 5.89 Å². The molecule has 2 aromatic heterocycles. The number of carbonyl (C=O) groups is 1. The Bertz CT molecular complexity index is 833. The lowest BCUT2D eigenvalue weighted by molar-refractivity contribution is 0.103. The third kappa shape index (κ3) is 2.94. The van der Waals surface area contributed by atoms with Crippen LogP contribution in [0.5, 0.6) is 0 Å². The van der Waals surface area contributed by atoms with E-state index in [4.69, 9.17) is 4.42 Å². The Morgan fingerprint density at radius 3 is 2.64 bits per heavy atom. The number of anilines is 1. The molecular weight excluding hydrogens is 296 g/mol. The zero-order valence-corrected chi connectivity index (χ0v) is 13.5. The maximum Gasteiger partial charge on any atom is 0.265 e. The normalized spacial score (nSPS) is 10.7. The first-order valence-electron chi connectivity index (χ1n) is 6.94. The number of nitrogens with zero attached hydrogens (tertiary/aromatic N) is 1. The van der Waals surface area contributed by atoms with E-state index < -0.39 is 0 Å². The number of amides is 1. The first-order valence-corrected chi connectivity index (χ1v) is 7.75. The Labute approximate surface area is 132 Å². The molecule has 1 N–H and O–H groups in total. The van der Waals surface area contributed by atoms with Crippen LogP contribution in [0.25, 0.3) is 11.5 Å². The Kier molecular flexibility index (Phi) is 3.81. The minimum Gasteiger partial charge on any atom is -0.444 e. The largest absolute Gasteiger partial charge is 0.444 e. The van der Waals surface area contributed by atoms with Gasteiger partial charge in [0.15, 0.2) is 0 Å². The second kappa shape index (κ2) is 5.77. The Morgan fingerprint density at radius 1 is 1.18 bits per heavy atom. The number of thiophene rings is 1. The molecule has 0 radical (unpaired) electrons. The van der Waals surface area contributed by atoms with Crippen molar-refractivity contribution in [3.05, 3.63) is 57.6 Å². The third-order valence-electron chi connectivity index (χ3n) is 3.31. The van der Waals surface area contributed by atoms with Crippen molar-refractivity contribution in [3.63, 3.8) is 0 Å². The van der Waals surface area contributed by atoms with Crippen molar-refractivity contribution in [2.24, 2.45) is 0 Å². The molecule has 0 bridgehead atoms. The van der Waals surface area contributed by atoms with Crippen LogP contribution >= 0.6 is 11.3 Å². The highest BCUT2D eigenvalue weighted by Gasteiger charge is 2.12. The summed E-state index contributed by atoms with van der Waals surface area (Å²) in [7, 11) is 0. The number of hydrogen-bond donors (Lipinski definition) is 1. The minimum absolute atomic E-state index is 0.100. The van der Waals surface area contributed by atoms with Gasteiger partial charge in [-0.05, 0) is 50.6 Å². The summed E-state index contributed by atoms with van der Waals surface area (Å²) in [5, 5.41) is 2.92. The van der Waals surface area contributed by atoms with E-state index in [0.29, 0.717) is 10.8 Å². The van der Waals surface area contributed by atoms with Crippen LogP contribution in [0.1, 0.15) is 25.8 Å². The number of hydrogen-bond acceptors (Lipinski definition) is 4. The second-order valence-electron chi connectivity index (χ2n) is 5.19. The molecule has 0 aliphatic heterocycles. The Morgan fingerprint density at radius 2 is 2.00 bits per heavy atom. The first-order chi connectivity index (χ1) is 10.5. The van der Waals surface area contributed by atoms with Crippen molar-refractivity contribution in [1.82, 2.24) is 4.98 Å². The van der Waals surface area contributed by atoms with Crippen LogP contribution in [0.3, 0.4) is 0 Å². The van der Waals surface area contributed by atoms with Gasteiger partial charge in [0, 0.05) is 16.1 Å². The molecule has 0 atom stereocenters. The molecular formula is C17H16N2O2S. The van der Waals surface area contributed by atoms with Crippen LogP contribution in [0, 0.1) is 20.8 Å². The predicted octanol–water partition coefficient (Wildman–Crippen LogP) is 4.58. The molecule has 2 heterocycles. The fourth-order valence-corrected chi connectivity index (χ4v) is 2.92. The SMILES string of the molecule is Cc1coc(-c2cc(NC(=O)c3ccc(C)s3)ccc2C)n1. The average molecular weight is 312 g/mol. The molecule has 112 valence electrons. The van der Waals surface area contributed by atoms with E-state index in [1.54, 1.807) is 6.26 Å². The molecule has 0 saturated carbocycles. The number of benzene rings is 1. The summed E-state index contributed by atoms with van der Waals surface area (Å²) >= 11 is 1.48. The molecule has 0 fully saturated rings. The van der Waals surface area contributed by atoms with E-state index in [1.807, 2.05) is 51.1 Å². The zero-order valence-electron chi connectivity index (χ0n) is 12.6. The molecule has 3 rings (SSSR count). The van der Waals surface area contributed by atoms with Crippen molar-refractivity contribution in [2.75, 3.05) is 5.32 Å². The molecule has 1 aromatic carbocycles. The van der Waals surface area contributed by atoms with E-state index in [2.05, 4.69) is 10.3 Å². The highest BCUT2D eigenvalue weighted by molar-refractivity contribution is 7.14. The maximum absolute atomic E-state index is 12.2. The van der Waals surface area contributed by atoms with Gasteiger partial charge in [-0.3, -0.25) is 4.79 Å². The van der Waals surface area contributed by atoms with Gasteiger partial charge >= 0.3 is 0 Å². The van der Waals surface area contributed by atoms with Crippen molar-refractivity contribution in [1.29, 1.82) is 0 Å². The molecule has 0 aliphatic carbocycles. The number of oxazole rings is 1. The van der Waals surface area contributed by atoms with Gasteiger partial charge < -0.3 is 9.73 Å². The number of nitrogens with one attached hydrogen (secondary N) is 1. The van der Waals surface area contributed by atoms with Crippen LogP contribution in [-0.2, 0) is 0 Å². The molecule has 0 spiro atoms. The maximum atomic E-state index is 12.2. The lowest BCUT2D eigenvalue weighted by Gasteiger charge is -2.07. The standard InChI is InChI=1S/C17H16N2O2S/c1-10-4-6-13(8-14(10)17-18-11(2)9-21-17)19-16(20)15-7-5-12(3)22-15/h4-9H,1-3H3,(H,19,20). The third-order valence-corrected chi connectivity index (χ3v) is 4.31. The second-order valence-corrected chi connectivity index (χ2v) is 6.48. The van der Waals surface area contributed by atoms with Gasteiger partial charge in [-0.25, -0.2) is 4.98 Å². The summed E-state index contributed by atoms with van der Waals surface area (Å²) in [4.78, 5) is 18.4. The Balaban J connectivity index is 1.87. The highest BCUT2D eigenvalue weighted by Crippen LogP contribution is 2.26. The van der Waals surface area contributed by atoms with E-state index in [9.17, 15) is 4.79 Å². The van der Waals surface area contributed by atoms with Crippen molar-refractivity contribution >= 4 is 22.9 Å². The number of aryl methyl sites for hydroxylation is 3. The summed E-state index contributed by atoms with van der Waals surface area (Å²) in [6, 6.07) is 9.49. The van der Waals surface area contributed by atoms with E-state index >= 15 is 0 Å². The quantitative estimate of drug-likeness (QED) is 0.770. The smallest absolute Gasteiger partial charge is 0.265 e. The van der Waals surface area contributed by atoms with Gasteiger partial charge in [0.1, 0.15) is 6.26 Å². The topological polar surface area (TPSA) is 55.1 Å². The summed E-state index contributed by atoms with van der Waals surface area (Å²) in [5.74, 6) is 0.467. The van der Waals surface area contributed by atoms with Crippen molar-refractivity contribution in [3.8, 4) is 11.5 Å². The fourth-order valence-electron chi connectivity index (χ4n) is 2.16. The van der Waals surface area contributed by atoms with Crippen LogP contribution in [0.2, 0.25) is 0 Å². The molecule has 3 aromatic rings. The molecule has 4 nitrogen and oxygen atoms in total. The Hall–Kier alpha value is -2.40. The van der Waals surface area contributed by atoms with Crippen molar-refractivity contribution < 1.29 is 9.21 Å². The summed E-state index contributed by atoms with van der Waals surface area (Å²) in [5.41, 5.74) is 3.49. The minimum atomic E-state index is -0.100. The predicted molar refractivity (Wildman–Crippen MR) is 88.4 cm³/mol. The van der Waals surface area contributed by atoms with Gasteiger partial charge in [-0.15, -0.1) is 11.3 Å². The van der Waals surface area contributed by atoms with Gasteiger partial charge in [0.25, 0.3) is 5.91 Å². The first kappa shape index (κ1) is 14.5. The average Bonchev–Trinajstić information content (AvgIpc) is 3.10.